The molecule has 0 saturated heterocycles. The Labute approximate surface area is 132 Å². The summed E-state index contributed by atoms with van der Waals surface area (Å²) in [5.41, 5.74) is 2.55. The molecule has 6 heteroatoms. The van der Waals surface area contributed by atoms with Gasteiger partial charge in [0.15, 0.2) is 0 Å². The highest BCUT2D eigenvalue weighted by atomic mass is 35.5. The highest BCUT2D eigenvalue weighted by Crippen LogP contribution is 2.15. The van der Waals surface area contributed by atoms with Crippen molar-refractivity contribution in [1.82, 2.24) is 14.9 Å². The monoisotopic (exact) mass is 314 g/mol. The third-order valence-corrected chi connectivity index (χ3v) is 3.52. The average molecular weight is 315 g/mol. The normalized spacial score (nSPS) is 10.6. The number of nitrogens with zero attached hydrogens (tertiary/aromatic N) is 2. The highest BCUT2D eigenvalue weighted by Gasteiger charge is 2.11. The van der Waals surface area contributed by atoms with Gasteiger partial charge in [0.25, 0.3) is 0 Å². The zero-order valence-corrected chi connectivity index (χ0v) is 12.8. The first kappa shape index (κ1) is 14.4. The molecule has 0 aliphatic heterocycles. The van der Waals surface area contributed by atoms with E-state index in [0.717, 1.165) is 16.9 Å². The van der Waals surface area contributed by atoms with Gasteiger partial charge in [-0.2, -0.15) is 0 Å². The fourth-order valence-electron chi connectivity index (χ4n) is 2.13. The van der Waals surface area contributed by atoms with Crippen LogP contribution in [0.25, 0.3) is 11.0 Å². The molecule has 0 atom stereocenters. The molecule has 0 fully saturated rings. The standard InChI is InChI=1S/C16H15ClN4O/c1-21(16(22)18-12-8-6-11(17)7-9-12)10-15-19-13-4-2-3-5-14(13)20-15/h2-9H,10H2,1H3,(H,18,22)(H,19,20). The second kappa shape index (κ2) is 6.07. The van der Waals surface area contributed by atoms with E-state index in [1.54, 1.807) is 36.2 Å². The van der Waals surface area contributed by atoms with Crippen LogP contribution in [0.15, 0.2) is 48.5 Å². The van der Waals surface area contributed by atoms with E-state index in [1.165, 1.54) is 0 Å². The van der Waals surface area contributed by atoms with E-state index >= 15 is 0 Å². The fraction of sp³-hybridized carbons (Fsp3) is 0.125. The van der Waals surface area contributed by atoms with E-state index in [1.807, 2.05) is 24.3 Å². The third kappa shape index (κ3) is 3.20. The summed E-state index contributed by atoms with van der Waals surface area (Å²) in [6.07, 6.45) is 0. The van der Waals surface area contributed by atoms with Gasteiger partial charge >= 0.3 is 6.03 Å². The Morgan fingerprint density at radius 1 is 1.23 bits per heavy atom. The van der Waals surface area contributed by atoms with E-state index in [-0.39, 0.29) is 6.03 Å². The summed E-state index contributed by atoms with van der Waals surface area (Å²) in [7, 11) is 1.72. The molecule has 0 bridgehead atoms. The Kier molecular flexibility index (Phi) is 3.98. The predicted molar refractivity (Wildman–Crippen MR) is 88.0 cm³/mol. The molecule has 0 unspecified atom stereocenters. The molecule has 2 aromatic carbocycles. The smallest absolute Gasteiger partial charge is 0.321 e. The van der Waals surface area contributed by atoms with Gasteiger partial charge < -0.3 is 15.2 Å². The first-order valence-electron chi connectivity index (χ1n) is 6.83. The molecule has 0 aliphatic rings. The van der Waals surface area contributed by atoms with Crippen molar-refractivity contribution in [2.75, 3.05) is 12.4 Å². The van der Waals surface area contributed by atoms with Crippen LogP contribution in [0.5, 0.6) is 0 Å². The highest BCUT2D eigenvalue weighted by molar-refractivity contribution is 6.30. The number of urea groups is 1. The lowest BCUT2D eigenvalue weighted by atomic mass is 10.3. The number of carbonyl (C=O) groups excluding carboxylic acids is 1. The molecular formula is C16H15ClN4O. The van der Waals surface area contributed by atoms with Crippen molar-refractivity contribution in [1.29, 1.82) is 0 Å². The van der Waals surface area contributed by atoms with Crippen molar-refractivity contribution in [3.63, 3.8) is 0 Å². The summed E-state index contributed by atoms with van der Waals surface area (Å²) in [6.45, 7) is 0.397. The molecule has 2 amide bonds. The molecule has 0 aliphatic carbocycles. The van der Waals surface area contributed by atoms with Gasteiger partial charge in [-0.15, -0.1) is 0 Å². The topological polar surface area (TPSA) is 61.0 Å². The number of carbonyl (C=O) groups is 1. The summed E-state index contributed by atoms with van der Waals surface area (Å²) in [5.74, 6) is 0.745. The molecule has 0 saturated carbocycles. The number of hydrogen-bond acceptors (Lipinski definition) is 2. The lowest BCUT2D eigenvalue weighted by molar-refractivity contribution is 0.219. The number of rotatable bonds is 3. The maximum Gasteiger partial charge on any atom is 0.321 e. The molecule has 0 spiro atoms. The average Bonchev–Trinajstić information content (AvgIpc) is 2.91. The molecular weight excluding hydrogens is 300 g/mol. The van der Waals surface area contributed by atoms with Crippen LogP contribution in [0.2, 0.25) is 5.02 Å². The Bertz CT molecular complexity index is 764. The number of para-hydroxylation sites is 2. The number of aromatic amines is 1. The van der Waals surface area contributed by atoms with Crippen molar-refractivity contribution in [2.45, 2.75) is 6.54 Å². The first-order valence-corrected chi connectivity index (χ1v) is 7.21. The van der Waals surface area contributed by atoms with Gasteiger partial charge in [0.1, 0.15) is 5.82 Å². The SMILES string of the molecule is CN(Cc1nc2ccccc2[nH]1)C(=O)Nc1ccc(Cl)cc1. The van der Waals surface area contributed by atoms with Gasteiger partial charge in [0.2, 0.25) is 0 Å². The number of imidazole rings is 1. The van der Waals surface area contributed by atoms with Crippen LogP contribution in [0, 0.1) is 0 Å². The lowest BCUT2D eigenvalue weighted by Gasteiger charge is -2.16. The van der Waals surface area contributed by atoms with Gasteiger partial charge in [-0.05, 0) is 36.4 Å². The van der Waals surface area contributed by atoms with Gasteiger partial charge in [-0.1, -0.05) is 23.7 Å². The van der Waals surface area contributed by atoms with Crippen LogP contribution in [0.1, 0.15) is 5.82 Å². The quantitative estimate of drug-likeness (QED) is 0.770. The molecule has 2 N–H and O–H groups in total. The predicted octanol–water partition coefficient (Wildman–Crippen LogP) is 3.88. The van der Waals surface area contributed by atoms with Crippen LogP contribution in [-0.4, -0.2) is 27.9 Å². The number of fused-ring (bicyclic) bond motifs is 1. The Balaban J connectivity index is 1.66. The van der Waals surface area contributed by atoms with E-state index in [0.29, 0.717) is 17.3 Å². The molecule has 3 rings (SSSR count). The number of halogens is 1. The van der Waals surface area contributed by atoms with Crippen molar-refractivity contribution in [3.8, 4) is 0 Å². The maximum absolute atomic E-state index is 12.2. The van der Waals surface area contributed by atoms with E-state index < -0.39 is 0 Å². The van der Waals surface area contributed by atoms with Crippen molar-refractivity contribution in [3.05, 3.63) is 59.4 Å². The molecule has 112 valence electrons. The number of benzene rings is 2. The van der Waals surface area contributed by atoms with Crippen molar-refractivity contribution >= 4 is 34.4 Å². The zero-order chi connectivity index (χ0) is 15.5. The van der Waals surface area contributed by atoms with Crippen LogP contribution in [-0.2, 0) is 6.54 Å². The van der Waals surface area contributed by atoms with Crippen LogP contribution in [0.4, 0.5) is 10.5 Å². The fourth-order valence-corrected chi connectivity index (χ4v) is 2.26. The van der Waals surface area contributed by atoms with Gasteiger partial charge in [-0.25, -0.2) is 9.78 Å². The third-order valence-electron chi connectivity index (χ3n) is 3.27. The van der Waals surface area contributed by atoms with E-state index in [9.17, 15) is 4.79 Å². The largest absolute Gasteiger partial charge is 0.340 e. The Hall–Kier alpha value is -2.53. The maximum atomic E-state index is 12.2. The number of hydrogen-bond donors (Lipinski definition) is 2. The van der Waals surface area contributed by atoms with Gasteiger partial charge in [0.05, 0.1) is 17.6 Å². The number of anilines is 1. The van der Waals surface area contributed by atoms with E-state index in [4.69, 9.17) is 11.6 Å². The van der Waals surface area contributed by atoms with Crippen molar-refractivity contribution in [2.24, 2.45) is 0 Å². The van der Waals surface area contributed by atoms with Crippen LogP contribution >= 0.6 is 11.6 Å². The summed E-state index contributed by atoms with van der Waals surface area (Å²) in [4.78, 5) is 21.4. The van der Waals surface area contributed by atoms with Gasteiger partial charge in [0, 0.05) is 17.8 Å². The lowest BCUT2D eigenvalue weighted by Crippen LogP contribution is -2.31. The van der Waals surface area contributed by atoms with Gasteiger partial charge in [-0.3, -0.25) is 0 Å². The second-order valence-electron chi connectivity index (χ2n) is 4.99. The minimum absolute atomic E-state index is 0.206. The number of amides is 2. The minimum atomic E-state index is -0.206. The number of nitrogens with one attached hydrogen (secondary N) is 2. The molecule has 5 nitrogen and oxygen atoms in total. The number of aromatic nitrogens is 2. The molecule has 22 heavy (non-hydrogen) atoms. The second-order valence-corrected chi connectivity index (χ2v) is 5.43. The van der Waals surface area contributed by atoms with Crippen molar-refractivity contribution < 1.29 is 4.79 Å². The molecule has 1 heterocycles. The Morgan fingerprint density at radius 3 is 2.68 bits per heavy atom. The summed E-state index contributed by atoms with van der Waals surface area (Å²) >= 11 is 5.82. The summed E-state index contributed by atoms with van der Waals surface area (Å²) in [6, 6.07) is 14.5. The molecule has 0 radical (unpaired) electrons. The first-order chi connectivity index (χ1) is 10.6. The zero-order valence-electron chi connectivity index (χ0n) is 12.0. The molecule has 1 aromatic heterocycles. The van der Waals surface area contributed by atoms with Crippen LogP contribution in [0.3, 0.4) is 0 Å². The molecule has 3 aromatic rings. The Morgan fingerprint density at radius 2 is 1.95 bits per heavy atom. The summed E-state index contributed by atoms with van der Waals surface area (Å²) < 4.78 is 0. The number of H-pyrrole nitrogens is 1. The minimum Gasteiger partial charge on any atom is -0.340 e. The van der Waals surface area contributed by atoms with E-state index in [2.05, 4.69) is 15.3 Å². The summed E-state index contributed by atoms with van der Waals surface area (Å²) in [5, 5.41) is 3.44. The van der Waals surface area contributed by atoms with Crippen LogP contribution < -0.4 is 5.32 Å².